The lowest BCUT2D eigenvalue weighted by Crippen LogP contribution is -2.52. The smallest absolute Gasteiger partial charge is 0.0872 e. The minimum absolute atomic E-state index is 0.183. The fourth-order valence-corrected chi connectivity index (χ4v) is 3.36. The van der Waals surface area contributed by atoms with E-state index in [2.05, 4.69) is 58.9 Å². The minimum Gasteiger partial charge on any atom is -0.372 e. The summed E-state index contributed by atoms with van der Waals surface area (Å²) in [6, 6.07) is 10.4. The molecule has 0 saturated carbocycles. The molecule has 118 valence electrons. The molecular formula is C19H30O2. The Morgan fingerprint density at radius 1 is 1.10 bits per heavy atom. The molecule has 0 aromatic heterocycles. The molecule has 2 rings (SSSR count). The predicted octanol–water partition coefficient (Wildman–Crippen LogP) is 4.68. The maximum atomic E-state index is 6.36. The summed E-state index contributed by atoms with van der Waals surface area (Å²) in [5, 5.41) is 0. The van der Waals surface area contributed by atoms with E-state index < -0.39 is 0 Å². The van der Waals surface area contributed by atoms with Gasteiger partial charge in [-0.05, 0) is 29.7 Å². The Kier molecular flexibility index (Phi) is 5.83. The molecule has 1 aromatic rings. The van der Waals surface area contributed by atoms with E-state index in [-0.39, 0.29) is 12.2 Å². The number of rotatable bonds is 5. The fourth-order valence-electron chi connectivity index (χ4n) is 3.36. The molecule has 1 aromatic carbocycles. The second kappa shape index (κ2) is 7.42. The number of benzene rings is 1. The Bertz CT molecular complexity index is 415. The van der Waals surface area contributed by atoms with Crippen LogP contribution in [0.5, 0.6) is 0 Å². The van der Waals surface area contributed by atoms with Crippen LogP contribution in [0.25, 0.3) is 0 Å². The summed E-state index contributed by atoms with van der Waals surface area (Å²) in [7, 11) is 0. The van der Waals surface area contributed by atoms with Crippen LogP contribution in [-0.2, 0) is 16.1 Å². The first-order chi connectivity index (χ1) is 10.0. The molecule has 2 unspecified atom stereocenters. The van der Waals surface area contributed by atoms with E-state index in [4.69, 9.17) is 9.47 Å². The molecule has 1 saturated heterocycles. The maximum absolute atomic E-state index is 6.36. The normalized spacial score (nSPS) is 33.3. The molecule has 0 N–H and O–H groups in total. The van der Waals surface area contributed by atoms with Gasteiger partial charge in [0.1, 0.15) is 0 Å². The van der Waals surface area contributed by atoms with Gasteiger partial charge >= 0.3 is 0 Å². The van der Waals surface area contributed by atoms with E-state index in [1.165, 1.54) is 5.56 Å². The average molecular weight is 290 g/mol. The summed E-state index contributed by atoms with van der Waals surface area (Å²) in [6.07, 6.45) is 1.83. The molecule has 1 aliphatic heterocycles. The van der Waals surface area contributed by atoms with Gasteiger partial charge in [-0.3, -0.25) is 0 Å². The first-order valence-corrected chi connectivity index (χ1v) is 8.35. The molecule has 0 aliphatic carbocycles. The van der Waals surface area contributed by atoms with Crippen LogP contribution in [0.3, 0.4) is 0 Å². The molecule has 2 nitrogen and oxygen atoms in total. The summed E-state index contributed by atoms with van der Waals surface area (Å²) in [4.78, 5) is 0. The van der Waals surface area contributed by atoms with E-state index >= 15 is 0 Å². The third-order valence-electron chi connectivity index (χ3n) is 4.93. The number of hydrogen-bond donors (Lipinski definition) is 0. The quantitative estimate of drug-likeness (QED) is 0.784. The Morgan fingerprint density at radius 2 is 1.76 bits per heavy atom. The van der Waals surface area contributed by atoms with Crippen molar-refractivity contribution in [2.75, 3.05) is 0 Å². The van der Waals surface area contributed by atoms with Gasteiger partial charge in [0.15, 0.2) is 0 Å². The second-order valence-electron chi connectivity index (χ2n) is 6.77. The van der Waals surface area contributed by atoms with E-state index in [1.807, 2.05) is 6.07 Å². The van der Waals surface area contributed by atoms with Crippen LogP contribution in [0, 0.1) is 17.8 Å². The summed E-state index contributed by atoms with van der Waals surface area (Å²) in [5.74, 6) is 1.56. The van der Waals surface area contributed by atoms with Crippen LogP contribution < -0.4 is 0 Å². The van der Waals surface area contributed by atoms with E-state index in [0.717, 1.165) is 6.42 Å². The molecule has 5 atom stereocenters. The van der Waals surface area contributed by atoms with Crippen molar-refractivity contribution in [2.45, 2.75) is 66.0 Å². The summed E-state index contributed by atoms with van der Waals surface area (Å²) < 4.78 is 12.6. The van der Waals surface area contributed by atoms with Gasteiger partial charge in [-0.1, -0.05) is 65.0 Å². The van der Waals surface area contributed by atoms with Crippen molar-refractivity contribution in [2.24, 2.45) is 17.8 Å². The van der Waals surface area contributed by atoms with Crippen LogP contribution in [-0.4, -0.2) is 18.3 Å². The Labute approximate surface area is 129 Å². The second-order valence-corrected chi connectivity index (χ2v) is 6.77. The highest BCUT2D eigenvalue weighted by Gasteiger charge is 2.42. The monoisotopic (exact) mass is 290 g/mol. The SMILES string of the molecule is CCC1O[C@H](C(C)C)C(OCc2ccccc2)[C@@H](C)[C@@H]1C. The standard InChI is InChI=1S/C19H30O2/c1-6-17-14(4)15(5)19(18(21-17)13(2)3)20-12-16-10-8-7-9-11-16/h7-11,13-15,17-19H,6,12H2,1-5H3/t14-,15-,17?,18+,19?/m0/s1. The van der Waals surface area contributed by atoms with Crippen molar-refractivity contribution in [1.82, 2.24) is 0 Å². The molecule has 21 heavy (non-hydrogen) atoms. The van der Waals surface area contributed by atoms with Crippen molar-refractivity contribution in [3.8, 4) is 0 Å². The number of hydrogen-bond acceptors (Lipinski definition) is 2. The van der Waals surface area contributed by atoms with E-state index in [0.29, 0.717) is 30.5 Å². The Morgan fingerprint density at radius 3 is 2.33 bits per heavy atom. The van der Waals surface area contributed by atoms with Crippen LogP contribution in [0.1, 0.15) is 46.6 Å². The highest BCUT2D eigenvalue weighted by atomic mass is 16.6. The molecule has 1 heterocycles. The molecule has 1 aliphatic rings. The van der Waals surface area contributed by atoms with Gasteiger partial charge in [-0.15, -0.1) is 0 Å². The van der Waals surface area contributed by atoms with Crippen molar-refractivity contribution >= 4 is 0 Å². The van der Waals surface area contributed by atoms with Crippen molar-refractivity contribution in [3.63, 3.8) is 0 Å². The summed E-state index contributed by atoms with van der Waals surface area (Å²) >= 11 is 0. The number of ether oxygens (including phenoxy) is 2. The Hall–Kier alpha value is -0.860. The minimum atomic E-state index is 0.183. The summed E-state index contributed by atoms with van der Waals surface area (Å²) in [6.45, 7) is 12.0. The molecule has 0 radical (unpaired) electrons. The summed E-state index contributed by atoms with van der Waals surface area (Å²) in [5.41, 5.74) is 1.23. The van der Waals surface area contributed by atoms with Gasteiger partial charge in [0.25, 0.3) is 0 Å². The predicted molar refractivity (Wildman–Crippen MR) is 87.1 cm³/mol. The van der Waals surface area contributed by atoms with Gasteiger partial charge in [0.2, 0.25) is 0 Å². The van der Waals surface area contributed by atoms with Gasteiger partial charge in [-0.2, -0.15) is 0 Å². The average Bonchev–Trinajstić information content (AvgIpc) is 2.49. The van der Waals surface area contributed by atoms with Gasteiger partial charge < -0.3 is 9.47 Å². The van der Waals surface area contributed by atoms with Crippen LogP contribution >= 0.6 is 0 Å². The van der Waals surface area contributed by atoms with Crippen LogP contribution in [0.4, 0.5) is 0 Å². The van der Waals surface area contributed by atoms with Gasteiger partial charge in [0, 0.05) is 0 Å². The molecule has 1 fully saturated rings. The van der Waals surface area contributed by atoms with Gasteiger partial charge in [-0.25, -0.2) is 0 Å². The highest BCUT2D eigenvalue weighted by Crippen LogP contribution is 2.36. The molecular weight excluding hydrogens is 260 g/mol. The molecule has 0 spiro atoms. The third kappa shape index (κ3) is 3.87. The topological polar surface area (TPSA) is 18.5 Å². The zero-order valence-electron chi connectivity index (χ0n) is 14.1. The van der Waals surface area contributed by atoms with Crippen LogP contribution in [0.15, 0.2) is 30.3 Å². The maximum Gasteiger partial charge on any atom is 0.0872 e. The zero-order valence-corrected chi connectivity index (χ0v) is 14.1. The highest BCUT2D eigenvalue weighted by molar-refractivity contribution is 5.13. The van der Waals surface area contributed by atoms with Crippen molar-refractivity contribution < 1.29 is 9.47 Å². The fraction of sp³-hybridized carbons (Fsp3) is 0.684. The zero-order chi connectivity index (χ0) is 15.4. The lowest BCUT2D eigenvalue weighted by Gasteiger charge is -2.46. The third-order valence-corrected chi connectivity index (χ3v) is 4.93. The lowest BCUT2D eigenvalue weighted by molar-refractivity contribution is -0.203. The first-order valence-electron chi connectivity index (χ1n) is 8.35. The first kappa shape index (κ1) is 16.5. The van der Waals surface area contributed by atoms with Crippen molar-refractivity contribution in [1.29, 1.82) is 0 Å². The van der Waals surface area contributed by atoms with E-state index in [1.54, 1.807) is 0 Å². The van der Waals surface area contributed by atoms with Crippen molar-refractivity contribution in [3.05, 3.63) is 35.9 Å². The Balaban J connectivity index is 2.07. The van der Waals surface area contributed by atoms with E-state index in [9.17, 15) is 0 Å². The lowest BCUT2D eigenvalue weighted by atomic mass is 9.78. The molecule has 0 bridgehead atoms. The molecule has 2 heteroatoms. The molecule has 0 amide bonds. The van der Waals surface area contributed by atoms with Gasteiger partial charge in [0.05, 0.1) is 24.9 Å². The largest absolute Gasteiger partial charge is 0.372 e. The van der Waals surface area contributed by atoms with Crippen LogP contribution in [0.2, 0.25) is 0 Å².